The number of hydrogen-bond acceptors (Lipinski definition) is 4. The molecule has 0 aromatic heterocycles. The fraction of sp³-hybridized carbons (Fsp3) is 0.538. The van der Waals surface area contributed by atoms with Crippen molar-refractivity contribution in [2.24, 2.45) is 0 Å². The fourth-order valence-electron chi connectivity index (χ4n) is 2.52. The van der Waals surface area contributed by atoms with Gasteiger partial charge in [0, 0.05) is 0 Å². The van der Waals surface area contributed by atoms with Gasteiger partial charge < -0.3 is 10.2 Å². The summed E-state index contributed by atoms with van der Waals surface area (Å²) in [6.07, 6.45) is 1.15. The van der Waals surface area contributed by atoms with E-state index in [1.165, 1.54) is 0 Å². The number of aliphatic hydroxyl groups excluding tert-OH is 2. The molecule has 0 radical (unpaired) electrons. The molecule has 100 valence electrons. The summed E-state index contributed by atoms with van der Waals surface area (Å²) in [4.78, 5) is 0. The molecule has 2 rings (SSSR count). The Bertz CT molecular complexity index is 509. The lowest BCUT2D eigenvalue weighted by Crippen LogP contribution is -2.29. The second-order valence-electron chi connectivity index (χ2n) is 4.75. The Balaban J connectivity index is 2.30. The van der Waals surface area contributed by atoms with Gasteiger partial charge >= 0.3 is 0 Å². The molecule has 0 bridgehead atoms. The fourth-order valence-corrected chi connectivity index (χ4v) is 4.54. The third kappa shape index (κ3) is 2.74. The van der Waals surface area contributed by atoms with Gasteiger partial charge in [-0.1, -0.05) is 24.3 Å². The van der Waals surface area contributed by atoms with E-state index in [9.17, 15) is 13.5 Å². The molecule has 2 N–H and O–H groups in total. The molecule has 0 amide bonds. The van der Waals surface area contributed by atoms with Gasteiger partial charge in [-0.15, -0.1) is 0 Å². The Morgan fingerprint density at radius 1 is 1.33 bits per heavy atom. The van der Waals surface area contributed by atoms with E-state index in [1.54, 1.807) is 0 Å². The van der Waals surface area contributed by atoms with Crippen molar-refractivity contribution < 1.29 is 18.6 Å². The third-order valence-electron chi connectivity index (χ3n) is 3.38. The van der Waals surface area contributed by atoms with Crippen LogP contribution in [0.5, 0.6) is 0 Å². The van der Waals surface area contributed by atoms with Gasteiger partial charge in [0.15, 0.2) is 9.84 Å². The highest BCUT2D eigenvalue weighted by Gasteiger charge is 2.32. The topological polar surface area (TPSA) is 74.6 Å². The molecular formula is C13H18O4S. The number of hydrogen-bond donors (Lipinski definition) is 2. The van der Waals surface area contributed by atoms with Gasteiger partial charge in [0.2, 0.25) is 0 Å². The maximum absolute atomic E-state index is 12.2. The molecule has 1 aliphatic rings. The molecule has 0 saturated carbocycles. The Morgan fingerprint density at radius 3 is 2.78 bits per heavy atom. The van der Waals surface area contributed by atoms with Gasteiger partial charge in [0.1, 0.15) is 0 Å². The number of fused-ring (bicyclic) bond motifs is 1. The molecule has 1 aromatic rings. The first-order valence-corrected chi connectivity index (χ1v) is 7.84. The highest BCUT2D eigenvalue weighted by Crippen LogP contribution is 2.35. The van der Waals surface area contributed by atoms with E-state index >= 15 is 0 Å². The van der Waals surface area contributed by atoms with E-state index < -0.39 is 27.8 Å². The number of benzene rings is 1. The van der Waals surface area contributed by atoms with Crippen LogP contribution in [0.4, 0.5) is 0 Å². The molecule has 1 aromatic carbocycles. The molecule has 1 aliphatic carbocycles. The zero-order valence-corrected chi connectivity index (χ0v) is 10.9. The van der Waals surface area contributed by atoms with E-state index in [4.69, 9.17) is 5.11 Å². The first kappa shape index (κ1) is 13.5. The summed E-state index contributed by atoms with van der Waals surface area (Å²) < 4.78 is 24.5. The number of rotatable bonds is 4. The van der Waals surface area contributed by atoms with Crippen molar-refractivity contribution in [1.82, 2.24) is 0 Å². The third-order valence-corrected chi connectivity index (χ3v) is 5.59. The number of aliphatic hydroxyl groups is 2. The molecule has 2 atom stereocenters. The van der Waals surface area contributed by atoms with Crippen molar-refractivity contribution in [3.05, 3.63) is 35.4 Å². The Hall–Kier alpha value is -0.910. The monoisotopic (exact) mass is 270 g/mol. The summed E-state index contributed by atoms with van der Waals surface area (Å²) in [7, 11) is -3.42. The zero-order chi connectivity index (χ0) is 13.2. The normalized spacial score (nSPS) is 21.3. The first-order chi connectivity index (χ1) is 8.54. The minimum Gasteiger partial charge on any atom is -0.394 e. The van der Waals surface area contributed by atoms with Crippen LogP contribution in [0, 0.1) is 0 Å². The SMILES string of the molecule is O=S(=O)(CC(O)CO)C1CCCc2ccccc21. The minimum absolute atomic E-state index is 0.373. The zero-order valence-electron chi connectivity index (χ0n) is 10.1. The largest absolute Gasteiger partial charge is 0.394 e. The lowest BCUT2D eigenvalue weighted by atomic mass is 9.91. The van der Waals surface area contributed by atoms with Crippen LogP contribution in [0.2, 0.25) is 0 Å². The van der Waals surface area contributed by atoms with E-state index in [0.717, 1.165) is 24.0 Å². The van der Waals surface area contributed by atoms with Crippen molar-refractivity contribution >= 4 is 9.84 Å². The van der Waals surface area contributed by atoms with Crippen molar-refractivity contribution in [1.29, 1.82) is 0 Å². The average Bonchev–Trinajstić information content (AvgIpc) is 2.37. The predicted molar refractivity (Wildman–Crippen MR) is 69.0 cm³/mol. The second-order valence-corrected chi connectivity index (χ2v) is 6.97. The average molecular weight is 270 g/mol. The minimum atomic E-state index is -3.42. The number of sulfone groups is 1. The Labute approximate surface area is 107 Å². The smallest absolute Gasteiger partial charge is 0.159 e. The van der Waals surface area contributed by atoms with Crippen LogP contribution in [0.15, 0.2) is 24.3 Å². The van der Waals surface area contributed by atoms with Crippen LogP contribution in [0.3, 0.4) is 0 Å². The molecule has 0 saturated heterocycles. The Kier molecular flexibility index (Phi) is 4.04. The standard InChI is InChI=1S/C13H18O4S/c14-8-11(15)9-18(16,17)13-7-3-5-10-4-1-2-6-12(10)13/h1-2,4,6,11,13-15H,3,5,7-9H2. The molecule has 0 aliphatic heterocycles. The van der Waals surface area contributed by atoms with Crippen molar-refractivity contribution in [3.8, 4) is 0 Å². The molecular weight excluding hydrogens is 252 g/mol. The summed E-state index contributed by atoms with van der Waals surface area (Å²) in [6.45, 7) is -0.520. The number of aryl methyl sites for hydroxylation is 1. The van der Waals surface area contributed by atoms with Crippen LogP contribution < -0.4 is 0 Å². The molecule has 0 heterocycles. The second kappa shape index (κ2) is 5.38. The molecule has 4 nitrogen and oxygen atoms in total. The molecule has 5 heteroatoms. The van der Waals surface area contributed by atoms with E-state index in [-0.39, 0.29) is 5.75 Å². The van der Waals surface area contributed by atoms with E-state index in [0.29, 0.717) is 6.42 Å². The van der Waals surface area contributed by atoms with Gasteiger partial charge in [-0.25, -0.2) is 8.42 Å². The summed E-state index contributed by atoms with van der Waals surface area (Å²) in [5.41, 5.74) is 1.93. The van der Waals surface area contributed by atoms with Crippen molar-refractivity contribution in [3.63, 3.8) is 0 Å². The summed E-state index contributed by atoms with van der Waals surface area (Å²) in [6, 6.07) is 7.56. The van der Waals surface area contributed by atoms with Crippen LogP contribution in [0.1, 0.15) is 29.2 Å². The van der Waals surface area contributed by atoms with Gasteiger partial charge in [0.05, 0.1) is 23.7 Å². The lowest BCUT2D eigenvalue weighted by molar-refractivity contribution is 0.112. The molecule has 18 heavy (non-hydrogen) atoms. The van der Waals surface area contributed by atoms with Gasteiger partial charge in [-0.2, -0.15) is 0 Å². The summed E-state index contributed by atoms with van der Waals surface area (Å²) >= 11 is 0. The predicted octanol–water partition coefficient (Wildman–Crippen LogP) is 0.832. The maximum Gasteiger partial charge on any atom is 0.159 e. The van der Waals surface area contributed by atoms with Gasteiger partial charge in [-0.3, -0.25) is 0 Å². The highest BCUT2D eigenvalue weighted by molar-refractivity contribution is 7.91. The quantitative estimate of drug-likeness (QED) is 0.850. The van der Waals surface area contributed by atoms with E-state index in [2.05, 4.69) is 0 Å². The van der Waals surface area contributed by atoms with Crippen LogP contribution >= 0.6 is 0 Å². The highest BCUT2D eigenvalue weighted by atomic mass is 32.2. The summed E-state index contributed by atoms with van der Waals surface area (Å²) in [5.74, 6) is -0.373. The van der Waals surface area contributed by atoms with E-state index in [1.807, 2.05) is 24.3 Å². The van der Waals surface area contributed by atoms with Crippen molar-refractivity contribution in [2.75, 3.05) is 12.4 Å². The molecule has 0 spiro atoms. The van der Waals surface area contributed by atoms with Gasteiger partial charge in [0.25, 0.3) is 0 Å². The maximum atomic E-state index is 12.2. The Morgan fingerprint density at radius 2 is 2.06 bits per heavy atom. The summed E-state index contributed by atoms with van der Waals surface area (Å²) in [5, 5.41) is 17.6. The van der Waals surface area contributed by atoms with Gasteiger partial charge in [-0.05, 0) is 30.4 Å². The van der Waals surface area contributed by atoms with Crippen LogP contribution in [0.25, 0.3) is 0 Å². The van der Waals surface area contributed by atoms with Crippen molar-refractivity contribution in [2.45, 2.75) is 30.6 Å². The van der Waals surface area contributed by atoms with Crippen LogP contribution in [-0.2, 0) is 16.3 Å². The molecule has 0 fully saturated rings. The van der Waals surface area contributed by atoms with Crippen LogP contribution in [-0.4, -0.2) is 37.1 Å². The molecule has 2 unspecified atom stereocenters. The lowest BCUT2D eigenvalue weighted by Gasteiger charge is -2.26. The first-order valence-electron chi connectivity index (χ1n) is 6.13.